The molecule has 0 radical (unpaired) electrons. The first kappa shape index (κ1) is 18.8. The van der Waals surface area contributed by atoms with Crippen molar-refractivity contribution in [2.45, 2.75) is 19.9 Å². The van der Waals surface area contributed by atoms with Gasteiger partial charge in [-0.25, -0.2) is 4.98 Å². The molecule has 3 N–H and O–H groups in total. The highest BCUT2D eigenvalue weighted by Crippen LogP contribution is 2.26. The van der Waals surface area contributed by atoms with E-state index in [1.807, 2.05) is 10.4 Å². The number of aromatic nitrogens is 1. The number of amides is 1. The van der Waals surface area contributed by atoms with E-state index in [4.69, 9.17) is 10.8 Å². The van der Waals surface area contributed by atoms with Gasteiger partial charge in [0.1, 0.15) is 0 Å². The first-order chi connectivity index (χ1) is 12.4. The summed E-state index contributed by atoms with van der Waals surface area (Å²) >= 11 is 2.63. The zero-order valence-electron chi connectivity index (χ0n) is 14.8. The van der Waals surface area contributed by atoms with Crippen LogP contribution in [0.25, 0.3) is 10.2 Å². The van der Waals surface area contributed by atoms with Crippen LogP contribution < -0.4 is 5.32 Å². The van der Waals surface area contributed by atoms with Crippen molar-refractivity contribution in [3.63, 3.8) is 0 Å². The Morgan fingerprint density at radius 2 is 2.04 bits per heavy atom. The monoisotopic (exact) mass is 390 g/mol. The standard InChI is InChI=1S/C17H22N6OS2/c1-11(13-3-4-15-14(9-13)20-10-25-15)22-5-7-23(8-6-22)17(19)26-16(18)21-12(2)24/h3-4,9-11,19H,5-8H2,1-2H3,(H2,18,21,24)/t11-/m0/s1. The molecule has 138 valence electrons. The zero-order valence-corrected chi connectivity index (χ0v) is 16.4. The average molecular weight is 391 g/mol. The summed E-state index contributed by atoms with van der Waals surface area (Å²) in [4.78, 5) is 19.7. The third kappa shape index (κ3) is 4.40. The highest BCUT2D eigenvalue weighted by atomic mass is 32.2. The number of benzene rings is 1. The Balaban J connectivity index is 1.55. The summed E-state index contributed by atoms with van der Waals surface area (Å²) in [5.41, 5.74) is 4.18. The number of amidine groups is 2. The Labute approximate surface area is 160 Å². The number of nitrogens with zero attached hydrogens (tertiary/aromatic N) is 3. The fourth-order valence-corrected chi connectivity index (χ4v) is 4.36. The minimum absolute atomic E-state index is 0.00476. The molecule has 2 heterocycles. The summed E-state index contributed by atoms with van der Waals surface area (Å²) in [6, 6.07) is 6.76. The molecule has 1 aliphatic rings. The van der Waals surface area contributed by atoms with E-state index in [-0.39, 0.29) is 11.1 Å². The molecule has 1 aliphatic heterocycles. The van der Waals surface area contributed by atoms with Crippen molar-refractivity contribution < 1.29 is 4.79 Å². The second kappa shape index (κ2) is 8.15. The number of hydrogen-bond acceptors (Lipinski definition) is 7. The summed E-state index contributed by atoms with van der Waals surface area (Å²) in [7, 11) is 0. The van der Waals surface area contributed by atoms with Crippen molar-refractivity contribution in [3.8, 4) is 0 Å². The quantitative estimate of drug-likeness (QED) is 0.541. The molecule has 3 rings (SSSR count). The number of hydrogen-bond donors (Lipinski definition) is 3. The van der Waals surface area contributed by atoms with Crippen LogP contribution in [-0.2, 0) is 4.79 Å². The van der Waals surface area contributed by atoms with Crippen molar-refractivity contribution in [2.24, 2.45) is 0 Å². The molecule has 0 unspecified atom stereocenters. The van der Waals surface area contributed by atoms with Gasteiger partial charge in [0.15, 0.2) is 10.3 Å². The van der Waals surface area contributed by atoms with Crippen molar-refractivity contribution in [1.82, 2.24) is 20.1 Å². The van der Waals surface area contributed by atoms with Crippen molar-refractivity contribution in [2.75, 3.05) is 26.2 Å². The Bertz CT molecular complexity index is 828. The van der Waals surface area contributed by atoms with Crippen LogP contribution in [0.4, 0.5) is 0 Å². The van der Waals surface area contributed by atoms with Crippen molar-refractivity contribution in [3.05, 3.63) is 29.3 Å². The number of carbonyl (C=O) groups excluding carboxylic acids is 1. The van der Waals surface area contributed by atoms with E-state index in [9.17, 15) is 4.79 Å². The lowest BCUT2D eigenvalue weighted by Gasteiger charge is -2.39. The number of nitrogens with one attached hydrogen (secondary N) is 3. The van der Waals surface area contributed by atoms with E-state index in [1.165, 1.54) is 17.2 Å². The minimum atomic E-state index is -0.286. The molecule has 9 heteroatoms. The maximum atomic E-state index is 11.0. The Morgan fingerprint density at radius 1 is 1.31 bits per heavy atom. The lowest BCUT2D eigenvalue weighted by molar-refractivity contribution is -0.117. The molecule has 1 saturated heterocycles. The lowest BCUT2D eigenvalue weighted by atomic mass is 10.1. The normalized spacial score (nSPS) is 16.5. The molecule has 2 aromatic rings. The molecule has 0 spiro atoms. The van der Waals surface area contributed by atoms with E-state index in [2.05, 4.69) is 40.3 Å². The molecule has 0 bridgehead atoms. The van der Waals surface area contributed by atoms with Crippen LogP contribution in [0.2, 0.25) is 0 Å². The SMILES string of the molecule is CC(=O)NC(=N)SC(=N)N1CCN([C@@H](C)c2ccc3scnc3c2)CC1. The predicted molar refractivity (Wildman–Crippen MR) is 108 cm³/mol. The van der Waals surface area contributed by atoms with Crippen LogP contribution in [0, 0.1) is 10.8 Å². The third-order valence-corrected chi connectivity index (χ3v) is 6.04. The number of thioether (sulfide) groups is 1. The van der Waals surface area contributed by atoms with E-state index < -0.39 is 0 Å². The predicted octanol–water partition coefficient (Wildman–Crippen LogP) is 2.71. The van der Waals surface area contributed by atoms with Gasteiger partial charge in [-0.1, -0.05) is 6.07 Å². The van der Waals surface area contributed by atoms with Crippen LogP contribution in [0.5, 0.6) is 0 Å². The van der Waals surface area contributed by atoms with Crippen molar-refractivity contribution >= 4 is 49.6 Å². The van der Waals surface area contributed by atoms with Crippen LogP contribution in [0.15, 0.2) is 23.7 Å². The topological polar surface area (TPSA) is 96.2 Å². The number of carbonyl (C=O) groups is 1. The molecule has 7 nitrogen and oxygen atoms in total. The molecule has 0 aliphatic carbocycles. The molecule has 26 heavy (non-hydrogen) atoms. The van der Waals surface area contributed by atoms with Gasteiger partial charge in [0.25, 0.3) is 0 Å². The van der Waals surface area contributed by atoms with E-state index in [1.54, 1.807) is 11.3 Å². The van der Waals surface area contributed by atoms with Crippen LogP contribution in [0.3, 0.4) is 0 Å². The maximum absolute atomic E-state index is 11.0. The molecular formula is C17H22N6OS2. The van der Waals surface area contributed by atoms with Gasteiger partial charge in [-0.15, -0.1) is 11.3 Å². The largest absolute Gasteiger partial charge is 0.349 e. The summed E-state index contributed by atoms with van der Waals surface area (Å²) in [6.07, 6.45) is 0. The molecule has 1 aromatic carbocycles. The fraction of sp³-hybridized carbons (Fsp3) is 0.412. The van der Waals surface area contributed by atoms with Crippen LogP contribution in [0.1, 0.15) is 25.5 Å². The third-order valence-electron chi connectivity index (χ3n) is 4.47. The van der Waals surface area contributed by atoms with Gasteiger partial charge >= 0.3 is 0 Å². The first-order valence-electron chi connectivity index (χ1n) is 8.38. The molecule has 0 saturated carbocycles. The number of fused-ring (bicyclic) bond motifs is 1. The average Bonchev–Trinajstić information content (AvgIpc) is 3.08. The number of thiazole rings is 1. The van der Waals surface area contributed by atoms with Gasteiger partial charge in [0.05, 0.1) is 15.7 Å². The van der Waals surface area contributed by atoms with Crippen LogP contribution in [-0.4, -0.2) is 57.2 Å². The Morgan fingerprint density at radius 3 is 2.73 bits per heavy atom. The van der Waals surface area contributed by atoms with E-state index in [0.717, 1.165) is 43.5 Å². The van der Waals surface area contributed by atoms with Crippen LogP contribution >= 0.6 is 23.1 Å². The summed E-state index contributed by atoms with van der Waals surface area (Å²) < 4.78 is 1.21. The smallest absolute Gasteiger partial charge is 0.222 e. The highest BCUT2D eigenvalue weighted by Gasteiger charge is 2.24. The second-order valence-electron chi connectivity index (χ2n) is 6.20. The summed E-state index contributed by atoms with van der Waals surface area (Å²) in [5, 5.41) is 18.5. The van der Waals surface area contributed by atoms with Gasteiger partial charge in [0, 0.05) is 39.1 Å². The molecule has 1 amide bonds. The first-order valence-corrected chi connectivity index (χ1v) is 10.1. The number of rotatable bonds is 2. The molecular weight excluding hydrogens is 368 g/mol. The minimum Gasteiger partial charge on any atom is -0.349 e. The van der Waals surface area contributed by atoms with Gasteiger partial charge in [-0.05, 0) is 36.4 Å². The lowest BCUT2D eigenvalue weighted by Crippen LogP contribution is -2.48. The Hall–Kier alpha value is -1.97. The molecule has 1 fully saturated rings. The molecule has 1 aromatic heterocycles. The highest BCUT2D eigenvalue weighted by molar-refractivity contribution is 8.26. The van der Waals surface area contributed by atoms with Gasteiger partial charge in [-0.2, -0.15) is 0 Å². The Kier molecular flexibility index (Phi) is 5.90. The zero-order chi connectivity index (χ0) is 18.7. The van der Waals surface area contributed by atoms with Gasteiger partial charge < -0.3 is 10.2 Å². The van der Waals surface area contributed by atoms with Gasteiger partial charge in [0.2, 0.25) is 5.91 Å². The van der Waals surface area contributed by atoms with E-state index >= 15 is 0 Å². The second-order valence-corrected chi connectivity index (χ2v) is 8.08. The van der Waals surface area contributed by atoms with Crippen molar-refractivity contribution in [1.29, 1.82) is 10.8 Å². The maximum Gasteiger partial charge on any atom is 0.222 e. The van der Waals surface area contributed by atoms with Gasteiger partial charge in [-0.3, -0.25) is 20.5 Å². The fourth-order valence-electron chi connectivity index (χ4n) is 3.00. The number of piperazine rings is 1. The van der Waals surface area contributed by atoms with E-state index in [0.29, 0.717) is 11.2 Å². The summed E-state index contributed by atoms with van der Waals surface area (Å²) in [5.74, 6) is -0.286. The summed E-state index contributed by atoms with van der Waals surface area (Å²) in [6.45, 7) is 6.75. The molecule has 1 atom stereocenters.